The SMILES string of the molecule is CC1=C(C(=O)OC(C)C)[C@H](c2ccc([N+](=O)[O-])cc2)N2C(CC(=O)NC[C@@H]3CCCO3)=CSC2=N1. The lowest BCUT2D eigenvalue weighted by Gasteiger charge is -2.36. The van der Waals surface area contributed by atoms with Gasteiger partial charge in [-0.05, 0) is 56.7 Å². The number of allylic oxidation sites excluding steroid dienone is 1. The number of ether oxygens (including phenoxy) is 2. The summed E-state index contributed by atoms with van der Waals surface area (Å²) in [4.78, 5) is 43.1. The number of nitro groups is 1. The van der Waals surface area contributed by atoms with Crippen LogP contribution in [0.5, 0.6) is 0 Å². The number of carbonyl (C=O) groups excluding carboxylic acids is 2. The molecule has 35 heavy (non-hydrogen) atoms. The first-order chi connectivity index (χ1) is 16.7. The van der Waals surface area contributed by atoms with E-state index in [9.17, 15) is 19.7 Å². The van der Waals surface area contributed by atoms with E-state index in [-0.39, 0.29) is 30.2 Å². The number of amides is 1. The van der Waals surface area contributed by atoms with E-state index >= 15 is 0 Å². The van der Waals surface area contributed by atoms with Gasteiger partial charge in [0.1, 0.15) is 0 Å². The Balaban J connectivity index is 1.63. The summed E-state index contributed by atoms with van der Waals surface area (Å²) in [6.45, 7) is 6.44. The smallest absolute Gasteiger partial charge is 0.338 e. The van der Waals surface area contributed by atoms with Gasteiger partial charge in [-0.15, -0.1) is 0 Å². The molecule has 1 aromatic carbocycles. The molecule has 1 N–H and O–H groups in total. The molecule has 0 bridgehead atoms. The maximum Gasteiger partial charge on any atom is 0.338 e. The molecular formula is C24H28N4O6S. The summed E-state index contributed by atoms with van der Waals surface area (Å²) in [5.74, 6) is -0.670. The first-order valence-electron chi connectivity index (χ1n) is 11.5. The van der Waals surface area contributed by atoms with Crippen molar-refractivity contribution in [1.29, 1.82) is 0 Å². The van der Waals surface area contributed by atoms with E-state index in [1.165, 1.54) is 23.9 Å². The van der Waals surface area contributed by atoms with E-state index < -0.39 is 16.9 Å². The summed E-state index contributed by atoms with van der Waals surface area (Å²) >= 11 is 1.37. The maximum atomic E-state index is 13.1. The van der Waals surface area contributed by atoms with Crippen molar-refractivity contribution in [1.82, 2.24) is 10.2 Å². The highest BCUT2D eigenvalue weighted by molar-refractivity contribution is 8.16. The topological polar surface area (TPSA) is 123 Å². The van der Waals surface area contributed by atoms with E-state index in [4.69, 9.17) is 9.47 Å². The summed E-state index contributed by atoms with van der Waals surface area (Å²) < 4.78 is 11.1. The molecule has 3 aliphatic rings. The van der Waals surface area contributed by atoms with Gasteiger partial charge in [-0.1, -0.05) is 11.8 Å². The van der Waals surface area contributed by atoms with E-state index in [0.29, 0.717) is 40.8 Å². The summed E-state index contributed by atoms with van der Waals surface area (Å²) in [6, 6.07) is 5.42. The Morgan fingerprint density at radius 2 is 2.09 bits per heavy atom. The molecule has 3 heterocycles. The average Bonchev–Trinajstić information content (AvgIpc) is 3.46. The lowest BCUT2D eigenvalue weighted by atomic mass is 9.93. The van der Waals surface area contributed by atoms with Crippen LogP contribution in [0.15, 0.2) is 51.6 Å². The molecule has 11 heteroatoms. The number of amidine groups is 1. The largest absolute Gasteiger partial charge is 0.459 e. The van der Waals surface area contributed by atoms with Gasteiger partial charge in [0.25, 0.3) is 5.69 Å². The minimum atomic E-state index is -0.637. The normalized spacial score (nSPS) is 21.5. The first-order valence-corrected chi connectivity index (χ1v) is 12.4. The lowest BCUT2D eigenvalue weighted by molar-refractivity contribution is -0.384. The van der Waals surface area contributed by atoms with Crippen LogP contribution in [-0.4, -0.2) is 52.2 Å². The second-order valence-corrected chi connectivity index (χ2v) is 9.65. The van der Waals surface area contributed by atoms with Gasteiger partial charge in [-0.3, -0.25) is 14.9 Å². The predicted octanol–water partition coefficient (Wildman–Crippen LogP) is 3.81. The molecule has 0 saturated carbocycles. The van der Waals surface area contributed by atoms with Crippen molar-refractivity contribution in [3.8, 4) is 0 Å². The van der Waals surface area contributed by atoms with Crippen molar-refractivity contribution in [2.24, 2.45) is 4.99 Å². The number of hydrogen-bond donors (Lipinski definition) is 1. The molecule has 1 aromatic rings. The molecule has 186 valence electrons. The number of thioether (sulfide) groups is 1. The number of fused-ring (bicyclic) bond motifs is 1. The molecule has 0 unspecified atom stereocenters. The molecule has 0 spiro atoms. The van der Waals surface area contributed by atoms with Crippen molar-refractivity contribution in [3.05, 3.63) is 62.3 Å². The molecule has 3 aliphatic heterocycles. The van der Waals surface area contributed by atoms with Gasteiger partial charge in [-0.25, -0.2) is 9.79 Å². The third kappa shape index (κ3) is 5.57. The summed E-state index contributed by atoms with van der Waals surface area (Å²) in [6.07, 6.45) is 1.71. The molecule has 1 amide bonds. The minimum absolute atomic E-state index is 0.0360. The van der Waals surface area contributed by atoms with Crippen molar-refractivity contribution in [2.75, 3.05) is 13.2 Å². The van der Waals surface area contributed by atoms with Crippen molar-refractivity contribution in [3.63, 3.8) is 0 Å². The van der Waals surface area contributed by atoms with Gasteiger partial charge in [0, 0.05) is 31.0 Å². The van der Waals surface area contributed by atoms with E-state index in [1.807, 2.05) is 10.3 Å². The molecule has 0 radical (unpaired) electrons. The maximum absolute atomic E-state index is 13.1. The number of rotatable bonds is 8. The number of benzene rings is 1. The summed E-state index contributed by atoms with van der Waals surface area (Å²) in [5, 5.41) is 16.6. The fourth-order valence-corrected chi connectivity index (χ4v) is 5.23. The number of aliphatic imine (C=N–C) groups is 1. The number of esters is 1. The van der Waals surface area contributed by atoms with Crippen LogP contribution in [0, 0.1) is 10.1 Å². The van der Waals surface area contributed by atoms with E-state index in [0.717, 1.165) is 12.8 Å². The van der Waals surface area contributed by atoms with Crippen molar-refractivity contribution < 1.29 is 24.0 Å². The zero-order chi connectivity index (χ0) is 25.1. The Bertz CT molecular complexity index is 1110. The molecule has 10 nitrogen and oxygen atoms in total. The number of nitrogens with zero attached hydrogens (tertiary/aromatic N) is 3. The van der Waals surface area contributed by atoms with Gasteiger partial charge in [0.15, 0.2) is 5.17 Å². The Morgan fingerprint density at radius 3 is 2.71 bits per heavy atom. The first kappa shape index (κ1) is 24.9. The van der Waals surface area contributed by atoms with Crippen LogP contribution in [0.2, 0.25) is 0 Å². The standard InChI is InChI=1S/C24H28N4O6S/c1-14(2)34-23(30)21-15(3)26-24-27(22(21)16-6-8-17(9-7-16)28(31)32)18(13-35-24)11-20(29)25-12-19-5-4-10-33-19/h6-9,13-14,19,22H,4-5,10-12H2,1-3H3,(H,25,29)/t19-,22-/m0/s1. The van der Waals surface area contributed by atoms with Crippen molar-refractivity contribution in [2.45, 2.75) is 58.3 Å². The number of hydrogen-bond acceptors (Lipinski definition) is 9. The minimum Gasteiger partial charge on any atom is -0.459 e. The molecule has 0 aromatic heterocycles. The number of carbonyl (C=O) groups is 2. The molecular weight excluding hydrogens is 472 g/mol. The summed E-state index contributed by atoms with van der Waals surface area (Å²) in [5.41, 5.74) is 2.14. The molecule has 0 aliphatic carbocycles. The van der Waals surface area contributed by atoms with Gasteiger partial charge in [0.2, 0.25) is 5.91 Å². The van der Waals surface area contributed by atoms with Gasteiger partial charge in [-0.2, -0.15) is 0 Å². The Kier molecular flexibility index (Phi) is 7.56. The third-order valence-electron chi connectivity index (χ3n) is 5.88. The van der Waals surface area contributed by atoms with E-state index in [2.05, 4.69) is 10.3 Å². The highest BCUT2D eigenvalue weighted by atomic mass is 32.2. The molecule has 4 rings (SSSR count). The molecule has 1 saturated heterocycles. The fourth-order valence-electron chi connectivity index (χ4n) is 4.26. The molecule has 2 atom stereocenters. The highest BCUT2D eigenvalue weighted by Gasteiger charge is 2.41. The number of nitrogens with one attached hydrogen (secondary N) is 1. The average molecular weight is 501 g/mol. The summed E-state index contributed by atoms with van der Waals surface area (Å²) in [7, 11) is 0. The van der Waals surface area contributed by atoms with Crippen molar-refractivity contribution >= 4 is 34.5 Å². The van der Waals surface area contributed by atoms with Crippen LogP contribution in [0.1, 0.15) is 51.6 Å². The van der Waals surface area contributed by atoms with Gasteiger partial charge < -0.3 is 19.7 Å². The van der Waals surface area contributed by atoms with Crippen LogP contribution in [-0.2, 0) is 19.1 Å². The van der Waals surface area contributed by atoms with E-state index in [1.54, 1.807) is 32.9 Å². The van der Waals surface area contributed by atoms with Crippen LogP contribution >= 0.6 is 11.8 Å². The zero-order valence-corrected chi connectivity index (χ0v) is 20.7. The third-order valence-corrected chi connectivity index (χ3v) is 6.76. The predicted molar refractivity (Wildman–Crippen MR) is 131 cm³/mol. The van der Waals surface area contributed by atoms with Crippen LogP contribution in [0.4, 0.5) is 5.69 Å². The monoisotopic (exact) mass is 500 g/mol. The quantitative estimate of drug-likeness (QED) is 0.325. The van der Waals surface area contributed by atoms with Gasteiger partial charge in [0.05, 0.1) is 40.9 Å². The van der Waals surface area contributed by atoms with Crippen LogP contribution in [0.3, 0.4) is 0 Å². The Hall–Kier alpha value is -3.18. The number of non-ortho nitro benzene ring substituents is 1. The Morgan fingerprint density at radius 1 is 1.34 bits per heavy atom. The molecule has 1 fully saturated rings. The van der Waals surface area contributed by atoms with Crippen LogP contribution < -0.4 is 5.32 Å². The van der Waals surface area contributed by atoms with Gasteiger partial charge >= 0.3 is 5.97 Å². The lowest BCUT2D eigenvalue weighted by Crippen LogP contribution is -2.39. The fraction of sp³-hybridized carbons (Fsp3) is 0.458. The number of nitro benzene ring substituents is 1. The Labute approximate surface area is 207 Å². The highest BCUT2D eigenvalue weighted by Crippen LogP contribution is 2.45. The van der Waals surface area contributed by atoms with Crippen LogP contribution in [0.25, 0.3) is 0 Å². The zero-order valence-electron chi connectivity index (χ0n) is 19.9. The second-order valence-electron chi connectivity index (χ2n) is 8.81. The second kappa shape index (κ2) is 10.6.